The van der Waals surface area contributed by atoms with Gasteiger partial charge in [-0.25, -0.2) is 0 Å². The number of aryl methyl sites for hydroxylation is 1. The van der Waals surface area contributed by atoms with Gasteiger partial charge in [0.2, 0.25) is 0 Å². The largest absolute Gasteiger partial charge is 0.397 e. The Balaban J connectivity index is 1.80. The van der Waals surface area contributed by atoms with Crippen LogP contribution in [0.2, 0.25) is 0 Å². The average Bonchev–Trinajstić information content (AvgIpc) is 2.74. The van der Waals surface area contributed by atoms with Crippen LogP contribution in [0.3, 0.4) is 0 Å². The van der Waals surface area contributed by atoms with E-state index in [0.29, 0.717) is 22.6 Å². The fraction of sp³-hybridized carbons (Fsp3) is 0.0526. The smallest absolute Gasteiger partial charge is 0.296 e. The number of azo groups is 2. The first kappa shape index (κ1) is 23.9. The van der Waals surface area contributed by atoms with Crippen LogP contribution in [-0.4, -0.2) is 25.9 Å². The molecule has 14 heteroatoms. The van der Waals surface area contributed by atoms with Gasteiger partial charge in [0.15, 0.2) is 0 Å². The van der Waals surface area contributed by atoms with Gasteiger partial charge in [-0.15, -0.1) is 5.11 Å². The summed E-state index contributed by atoms with van der Waals surface area (Å²) < 4.78 is 63.4. The van der Waals surface area contributed by atoms with Crippen LogP contribution in [-0.2, 0) is 20.2 Å². The molecule has 172 valence electrons. The van der Waals surface area contributed by atoms with Gasteiger partial charge in [-0.1, -0.05) is 0 Å². The molecule has 0 radical (unpaired) electrons. The van der Waals surface area contributed by atoms with E-state index in [1.54, 1.807) is 31.2 Å². The van der Waals surface area contributed by atoms with Crippen molar-refractivity contribution in [3.05, 3.63) is 60.2 Å². The second kappa shape index (κ2) is 9.03. The molecule has 0 aliphatic rings. The highest BCUT2D eigenvalue weighted by molar-refractivity contribution is 7.86. The normalized spacial score (nSPS) is 12.6. The van der Waals surface area contributed by atoms with Gasteiger partial charge in [-0.3, -0.25) is 9.11 Å². The Morgan fingerprint density at radius 2 is 1.09 bits per heavy atom. The lowest BCUT2D eigenvalue weighted by atomic mass is 10.1. The molecule has 3 aromatic carbocycles. The average molecular weight is 491 g/mol. The van der Waals surface area contributed by atoms with Gasteiger partial charge in [0.1, 0.15) is 10.6 Å². The Morgan fingerprint density at radius 3 is 1.52 bits per heavy atom. The van der Waals surface area contributed by atoms with E-state index in [1.807, 2.05) is 0 Å². The predicted molar refractivity (Wildman–Crippen MR) is 121 cm³/mol. The third-order valence-electron chi connectivity index (χ3n) is 4.36. The Morgan fingerprint density at radius 1 is 0.667 bits per heavy atom. The number of hydrogen-bond donors (Lipinski definition) is 4. The molecule has 33 heavy (non-hydrogen) atoms. The molecule has 0 saturated heterocycles. The standard InChI is InChI=1S/C19H18N6O6S2/c1-11-10-16(33(29,30)31)18(21)19(17(11)20)25-24-13-4-2-12(3-5-13)22-23-14-6-8-15(9-7-14)32(26,27)28/h2-10H,20-21H2,1H3,(H,26,27,28)(H,29,30,31). The summed E-state index contributed by atoms with van der Waals surface area (Å²) in [5, 5.41) is 15.9. The van der Waals surface area contributed by atoms with E-state index in [2.05, 4.69) is 20.5 Å². The fourth-order valence-electron chi connectivity index (χ4n) is 2.62. The molecule has 3 rings (SSSR count). The minimum atomic E-state index is -4.57. The molecule has 0 fully saturated rings. The second-order valence-electron chi connectivity index (χ2n) is 6.73. The molecule has 12 nitrogen and oxygen atoms in total. The summed E-state index contributed by atoms with van der Waals surface area (Å²) >= 11 is 0. The highest BCUT2D eigenvalue weighted by Crippen LogP contribution is 2.38. The first-order valence-corrected chi connectivity index (χ1v) is 11.9. The van der Waals surface area contributed by atoms with Crippen molar-refractivity contribution in [2.75, 3.05) is 11.5 Å². The zero-order valence-corrected chi connectivity index (χ0v) is 18.6. The maximum Gasteiger partial charge on any atom is 0.296 e. The molecule has 0 amide bonds. The summed E-state index contributed by atoms with van der Waals surface area (Å²) in [5.41, 5.74) is 13.0. The Kier molecular flexibility index (Phi) is 6.55. The van der Waals surface area contributed by atoms with Crippen LogP contribution in [0.4, 0.5) is 34.1 Å². The minimum absolute atomic E-state index is 0.0836. The highest BCUT2D eigenvalue weighted by atomic mass is 32.2. The maximum atomic E-state index is 11.5. The zero-order valence-electron chi connectivity index (χ0n) is 17.0. The SMILES string of the molecule is Cc1cc(S(=O)(=O)O)c(N)c(N=Nc2ccc(N=Nc3ccc(S(=O)(=O)O)cc3)cc2)c1N. The van der Waals surface area contributed by atoms with Crippen LogP contribution in [0, 0.1) is 6.92 Å². The summed E-state index contributed by atoms with van der Waals surface area (Å²) in [7, 11) is -8.85. The molecule has 0 bridgehead atoms. The molecule has 0 unspecified atom stereocenters. The molecule has 0 atom stereocenters. The van der Waals surface area contributed by atoms with E-state index >= 15 is 0 Å². The first-order valence-electron chi connectivity index (χ1n) is 9.03. The molecule has 0 aliphatic carbocycles. The number of anilines is 2. The van der Waals surface area contributed by atoms with Crippen molar-refractivity contribution < 1.29 is 25.9 Å². The first-order chi connectivity index (χ1) is 15.4. The van der Waals surface area contributed by atoms with Gasteiger partial charge in [-0.2, -0.15) is 32.2 Å². The van der Waals surface area contributed by atoms with Gasteiger partial charge < -0.3 is 11.5 Å². The monoisotopic (exact) mass is 490 g/mol. The van der Waals surface area contributed by atoms with E-state index in [1.165, 1.54) is 24.3 Å². The molecule has 0 aliphatic heterocycles. The van der Waals surface area contributed by atoms with Gasteiger partial charge in [0, 0.05) is 0 Å². The summed E-state index contributed by atoms with van der Waals surface area (Å²) in [5.74, 6) is 0. The Bertz CT molecular complexity index is 1470. The van der Waals surface area contributed by atoms with Gasteiger partial charge in [-0.05, 0) is 67.1 Å². The highest BCUT2D eigenvalue weighted by Gasteiger charge is 2.20. The quantitative estimate of drug-likeness (QED) is 0.219. The molecular formula is C19H18N6O6S2. The van der Waals surface area contributed by atoms with Gasteiger partial charge in [0.05, 0.1) is 33.3 Å². The van der Waals surface area contributed by atoms with Crippen molar-refractivity contribution in [2.24, 2.45) is 20.5 Å². The van der Waals surface area contributed by atoms with E-state index in [4.69, 9.17) is 16.0 Å². The number of hydrogen-bond acceptors (Lipinski definition) is 10. The number of nitrogens with zero attached hydrogens (tertiary/aromatic N) is 4. The summed E-state index contributed by atoms with van der Waals surface area (Å²) in [4.78, 5) is -0.765. The van der Waals surface area contributed by atoms with Crippen molar-refractivity contribution in [2.45, 2.75) is 16.7 Å². The minimum Gasteiger partial charge on any atom is -0.397 e. The van der Waals surface area contributed by atoms with Crippen molar-refractivity contribution >= 4 is 54.4 Å². The lowest BCUT2D eigenvalue weighted by Gasteiger charge is -2.10. The zero-order chi connectivity index (χ0) is 24.4. The number of nitrogens with two attached hydrogens (primary N) is 2. The van der Waals surface area contributed by atoms with Crippen molar-refractivity contribution in [1.29, 1.82) is 0 Å². The van der Waals surface area contributed by atoms with E-state index in [9.17, 15) is 21.4 Å². The molecule has 0 saturated carbocycles. The van der Waals surface area contributed by atoms with E-state index in [-0.39, 0.29) is 22.0 Å². The second-order valence-corrected chi connectivity index (χ2v) is 9.54. The number of benzene rings is 3. The molecule has 0 spiro atoms. The van der Waals surface area contributed by atoms with Crippen LogP contribution in [0.1, 0.15) is 5.56 Å². The van der Waals surface area contributed by atoms with Crippen LogP contribution in [0.5, 0.6) is 0 Å². The molecule has 6 N–H and O–H groups in total. The van der Waals surface area contributed by atoms with E-state index in [0.717, 1.165) is 6.07 Å². The van der Waals surface area contributed by atoms with Crippen LogP contribution in [0.15, 0.2) is 84.8 Å². The van der Waals surface area contributed by atoms with Gasteiger partial charge in [0.25, 0.3) is 20.2 Å². The number of nitrogen functional groups attached to an aromatic ring is 2. The summed E-state index contributed by atoms with van der Waals surface area (Å²) in [6.07, 6.45) is 0. The lowest BCUT2D eigenvalue weighted by Crippen LogP contribution is -2.06. The third kappa shape index (κ3) is 5.75. The predicted octanol–water partition coefficient (Wildman–Crippen LogP) is 4.48. The number of rotatable bonds is 6. The molecule has 3 aromatic rings. The summed E-state index contributed by atoms with van der Waals surface area (Å²) in [6.45, 7) is 1.54. The van der Waals surface area contributed by atoms with Crippen LogP contribution < -0.4 is 11.5 Å². The Labute approximate surface area is 189 Å². The molecule has 0 heterocycles. The Hall–Kier alpha value is -3.72. The van der Waals surface area contributed by atoms with Crippen molar-refractivity contribution in [3.8, 4) is 0 Å². The topological polar surface area (TPSA) is 210 Å². The molecule has 0 aromatic heterocycles. The fourth-order valence-corrected chi connectivity index (χ4v) is 3.80. The van der Waals surface area contributed by atoms with E-state index < -0.39 is 25.1 Å². The van der Waals surface area contributed by atoms with Crippen molar-refractivity contribution in [1.82, 2.24) is 0 Å². The van der Waals surface area contributed by atoms with Crippen LogP contribution in [0.25, 0.3) is 0 Å². The third-order valence-corrected chi connectivity index (χ3v) is 6.12. The van der Waals surface area contributed by atoms with Crippen LogP contribution >= 0.6 is 0 Å². The maximum absolute atomic E-state index is 11.5. The molecular weight excluding hydrogens is 472 g/mol. The summed E-state index contributed by atoms with van der Waals surface area (Å²) in [6, 6.07) is 12.6. The van der Waals surface area contributed by atoms with Gasteiger partial charge >= 0.3 is 0 Å². The van der Waals surface area contributed by atoms with Crippen molar-refractivity contribution in [3.63, 3.8) is 0 Å². The lowest BCUT2D eigenvalue weighted by molar-refractivity contribution is 0.481.